The van der Waals surface area contributed by atoms with E-state index in [1.165, 1.54) is 0 Å². The Hall–Kier alpha value is -1.02. The Morgan fingerprint density at radius 1 is 1.29 bits per heavy atom. The molecule has 3 heteroatoms. The van der Waals surface area contributed by atoms with Crippen LogP contribution in [0.1, 0.15) is 45.2 Å². The average Bonchev–Trinajstić information content (AvgIpc) is 2.26. The van der Waals surface area contributed by atoms with E-state index in [0.29, 0.717) is 17.4 Å². The molecule has 1 amide bonds. The lowest BCUT2D eigenvalue weighted by Crippen LogP contribution is -2.26. The van der Waals surface area contributed by atoms with E-state index in [0.717, 1.165) is 12.0 Å². The van der Waals surface area contributed by atoms with Crippen molar-refractivity contribution in [2.75, 3.05) is 0 Å². The second-order valence-corrected chi connectivity index (χ2v) is 5.15. The van der Waals surface area contributed by atoms with Crippen LogP contribution in [0.3, 0.4) is 0 Å². The average molecular weight is 254 g/mol. The number of hydrogen-bond donors (Lipinski definition) is 1. The third-order valence-corrected chi connectivity index (χ3v) is 3.04. The lowest BCUT2D eigenvalue weighted by molar-refractivity contribution is -0.122. The summed E-state index contributed by atoms with van der Waals surface area (Å²) in [6.45, 7) is 6.18. The van der Waals surface area contributed by atoms with Crippen LogP contribution in [-0.4, -0.2) is 5.91 Å². The van der Waals surface area contributed by atoms with Gasteiger partial charge in [-0.2, -0.15) is 0 Å². The minimum Gasteiger partial charge on any atom is -0.350 e. The molecule has 0 aliphatic rings. The molecular formula is C14H20ClNO. The molecule has 0 aliphatic carbocycles. The Kier molecular flexibility index (Phi) is 5.49. The van der Waals surface area contributed by atoms with Crippen molar-refractivity contribution in [1.82, 2.24) is 5.32 Å². The summed E-state index contributed by atoms with van der Waals surface area (Å²) in [5, 5.41) is 3.67. The second-order valence-electron chi connectivity index (χ2n) is 4.74. The zero-order chi connectivity index (χ0) is 12.8. The largest absolute Gasteiger partial charge is 0.350 e. The highest BCUT2D eigenvalue weighted by Gasteiger charge is 2.12. The topological polar surface area (TPSA) is 29.1 Å². The van der Waals surface area contributed by atoms with E-state index in [1.807, 2.05) is 31.2 Å². The lowest BCUT2D eigenvalue weighted by Gasteiger charge is -2.16. The minimum absolute atomic E-state index is 0.0386. The molecule has 0 fully saturated rings. The van der Waals surface area contributed by atoms with Crippen molar-refractivity contribution in [3.05, 3.63) is 34.9 Å². The zero-order valence-corrected chi connectivity index (χ0v) is 11.4. The van der Waals surface area contributed by atoms with E-state index in [2.05, 4.69) is 19.2 Å². The molecule has 17 heavy (non-hydrogen) atoms. The number of rotatable bonds is 5. The summed E-state index contributed by atoms with van der Waals surface area (Å²) in [4.78, 5) is 11.7. The Morgan fingerprint density at radius 2 is 1.94 bits per heavy atom. The van der Waals surface area contributed by atoms with E-state index < -0.39 is 0 Å². The first-order valence-corrected chi connectivity index (χ1v) is 6.42. The number of carbonyl (C=O) groups is 1. The Morgan fingerprint density at radius 3 is 2.53 bits per heavy atom. The van der Waals surface area contributed by atoms with Crippen LogP contribution in [0.25, 0.3) is 0 Å². The number of benzene rings is 1. The molecule has 1 rings (SSSR count). The van der Waals surface area contributed by atoms with Gasteiger partial charge in [0.15, 0.2) is 0 Å². The van der Waals surface area contributed by atoms with E-state index in [9.17, 15) is 4.79 Å². The smallest absolute Gasteiger partial charge is 0.220 e. The van der Waals surface area contributed by atoms with Gasteiger partial charge >= 0.3 is 0 Å². The standard InChI is InChI=1S/C14H20ClNO/c1-10(2)8-9-14(17)16-11(3)12-6-4-5-7-13(12)15/h4-7,10-11H,8-9H2,1-3H3,(H,16,17). The molecule has 1 atom stereocenters. The van der Waals surface area contributed by atoms with Crippen LogP contribution in [0, 0.1) is 5.92 Å². The SMILES string of the molecule is CC(C)CCC(=O)NC(C)c1ccccc1Cl. The molecule has 0 saturated carbocycles. The summed E-state index contributed by atoms with van der Waals surface area (Å²) < 4.78 is 0. The number of hydrogen-bond acceptors (Lipinski definition) is 1. The van der Waals surface area contributed by atoms with Gasteiger partial charge in [0, 0.05) is 11.4 Å². The van der Waals surface area contributed by atoms with Crippen molar-refractivity contribution in [2.24, 2.45) is 5.92 Å². The quantitative estimate of drug-likeness (QED) is 0.846. The van der Waals surface area contributed by atoms with Gasteiger partial charge in [0.2, 0.25) is 5.91 Å². The molecule has 0 spiro atoms. The van der Waals surface area contributed by atoms with Gasteiger partial charge in [-0.05, 0) is 30.9 Å². The van der Waals surface area contributed by atoms with Crippen molar-refractivity contribution in [2.45, 2.75) is 39.7 Å². The van der Waals surface area contributed by atoms with Gasteiger partial charge in [-0.3, -0.25) is 4.79 Å². The van der Waals surface area contributed by atoms with Crippen LogP contribution in [0.5, 0.6) is 0 Å². The van der Waals surface area contributed by atoms with Crippen LogP contribution in [-0.2, 0) is 4.79 Å². The van der Waals surface area contributed by atoms with Crippen LogP contribution in [0.2, 0.25) is 5.02 Å². The summed E-state index contributed by atoms with van der Waals surface area (Å²) in [6, 6.07) is 7.56. The number of amides is 1. The van der Waals surface area contributed by atoms with Crippen LogP contribution in [0.15, 0.2) is 24.3 Å². The third-order valence-electron chi connectivity index (χ3n) is 2.70. The highest BCUT2D eigenvalue weighted by Crippen LogP contribution is 2.22. The van der Waals surface area contributed by atoms with Gasteiger partial charge in [0.25, 0.3) is 0 Å². The fourth-order valence-corrected chi connectivity index (χ4v) is 1.94. The summed E-state index contributed by atoms with van der Waals surface area (Å²) in [5.74, 6) is 0.641. The van der Waals surface area contributed by atoms with Crippen LogP contribution < -0.4 is 5.32 Å². The molecule has 1 aromatic carbocycles. The van der Waals surface area contributed by atoms with Gasteiger partial charge in [-0.25, -0.2) is 0 Å². The molecule has 94 valence electrons. The monoisotopic (exact) mass is 253 g/mol. The molecule has 0 heterocycles. The predicted octanol–water partition coefficient (Wildman–Crippen LogP) is 3.95. The number of carbonyl (C=O) groups excluding carboxylic acids is 1. The molecule has 0 aliphatic heterocycles. The van der Waals surface area contributed by atoms with Crippen LogP contribution >= 0.6 is 11.6 Å². The molecule has 1 aromatic rings. The third kappa shape index (κ3) is 4.78. The lowest BCUT2D eigenvalue weighted by atomic mass is 10.1. The maximum Gasteiger partial charge on any atom is 0.220 e. The van der Waals surface area contributed by atoms with Gasteiger partial charge in [-0.1, -0.05) is 43.6 Å². The van der Waals surface area contributed by atoms with E-state index >= 15 is 0 Å². The van der Waals surface area contributed by atoms with Crippen molar-refractivity contribution in [3.63, 3.8) is 0 Å². The van der Waals surface area contributed by atoms with E-state index in [-0.39, 0.29) is 11.9 Å². The molecule has 0 aromatic heterocycles. The first-order valence-electron chi connectivity index (χ1n) is 6.04. The maximum absolute atomic E-state index is 11.7. The summed E-state index contributed by atoms with van der Waals surface area (Å²) in [7, 11) is 0. The first kappa shape index (κ1) is 14.0. The summed E-state index contributed by atoms with van der Waals surface area (Å²) in [6.07, 6.45) is 1.49. The van der Waals surface area contributed by atoms with E-state index in [4.69, 9.17) is 11.6 Å². The molecule has 2 nitrogen and oxygen atoms in total. The van der Waals surface area contributed by atoms with Crippen molar-refractivity contribution >= 4 is 17.5 Å². The van der Waals surface area contributed by atoms with Crippen molar-refractivity contribution in [3.8, 4) is 0 Å². The van der Waals surface area contributed by atoms with Gasteiger partial charge < -0.3 is 5.32 Å². The van der Waals surface area contributed by atoms with Gasteiger partial charge in [-0.15, -0.1) is 0 Å². The highest BCUT2D eigenvalue weighted by molar-refractivity contribution is 6.31. The summed E-state index contributed by atoms with van der Waals surface area (Å²) in [5.41, 5.74) is 0.965. The van der Waals surface area contributed by atoms with E-state index in [1.54, 1.807) is 0 Å². The Balaban J connectivity index is 2.52. The summed E-state index contributed by atoms with van der Waals surface area (Å²) >= 11 is 6.08. The zero-order valence-electron chi connectivity index (χ0n) is 10.7. The molecule has 0 radical (unpaired) electrons. The first-order chi connectivity index (χ1) is 8.00. The maximum atomic E-state index is 11.7. The molecule has 1 N–H and O–H groups in total. The predicted molar refractivity (Wildman–Crippen MR) is 72.1 cm³/mol. The normalized spacial score (nSPS) is 12.5. The number of halogens is 1. The Bertz CT molecular complexity index is 376. The van der Waals surface area contributed by atoms with Gasteiger partial charge in [0.1, 0.15) is 0 Å². The minimum atomic E-state index is -0.0386. The second kappa shape index (κ2) is 6.65. The van der Waals surface area contributed by atoms with Crippen LogP contribution in [0.4, 0.5) is 0 Å². The molecule has 0 saturated heterocycles. The fraction of sp³-hybridized carbons (Fsp3) is 0.500. The van der Waals surface area contributed by atoms with Gasteiger partial charge in [0.05, 0.1) is 6.04 Å². The molecular weight excluding hydrogens is 234 g/mol. The number of nitrogens with one attached hydrogen (secondary N) is 1. The molecule has 1 unspecified atom stereocenters. The fourth-order valence-electron chi connectivity index (χ4n) is 1.64. The van der Waals surface area contributed by atoms with Crippen molar-refractivity contribution in [1.29, 1.82) is 0 Å². The highest BCUT2D eigenvalue weighted by atomic mass is 35.5. The Labute approximate surface area is 108 Å². The van der Waals surface area contributed by atoms with Crippen molar-refractivity contribution < 1.29 is 4.79 Å². The molecule has 0 bridgehead atoms.